The van der Waals surface area contributed by atoms with E-state index in [-0.39, 0.29) is 12.2 Å². The molecule has 2 aromatic rings. The maximum atomic E-state index is 5.80. The number of hydrogen-bond donors (Lipinski definition) is 0. The first-order valence-corrected chi connectivity index (χ1v) is 6.92. The van der Waals surface area contributed by atoms with Crippen LogP contribution in [0.5, 0.6) is 11.5 Å². The number of benzene rings is 2. The summed E-state index contributed by atoms with van der Waals surface area (Å²) in [5.74, 6) is 1.58. The molecule has 2 heterocycles. The van der Waals surface area contributed by atoms with Crippen LogP contribution in [0.1, 0.15) is 23.3 Å². The van der Waals surface area contributed by atoms with Crippen LogP contribution < -0.4 is 9.47 Å². The van der Waals surface area contributed by atoms with Crippen LogP contribution >= 0.6 is 15.9 Å². The van der Waals surface area contributed by atoms with Crippen LogP contribution in [0.4, 0.5) is 0 Å². The normalized spacial score (nSPS) is 23.4. The van der Waals surface area contributed by atoms with Gasteiger partial charge in [0.2, 0.25) is 6.79 Å². The summed E-state index contributed by atoms with van der Waals surface area (Å²) in [5, 5.41) is 0. The lowest BCUT2D eigenvalue weighted by molar-refractivity contribution is 0.174. The Hall–Kier alpha value is -1.52. The maximum Gasteiger partial charge on any atom is 0.231 e. The van der Waals surface area contributed by atoms with Crippen molar-refractivity contribution in [2.45, 2.75) is 12.2 Å². The third kappa shape index (κ3) is 1.91. The highest BCUT2D eigenvalue weighted by Crippen LogP contribution is 2.54. The van der Waals surface area contributed by atoms with E-state index in [2.05, 4.69) is 28.1 Å². The zero-order chi connectivity index (χ0) is 12.8. The Kier molecular flexibility index (Phi) is 2.53. The van der Waals surface area contributed by atoms with E-state index in [0.717, 1.165) is 21.5 Å². The molecule has 2 aliphatic heterocycles. The van der Waals surface area contributed by atoms with Gasteiger partial charge in [-0.3, -0.25) is 0 Å². The van der Waals surface area contributed by atoms with Crippen molar-refractivity contribution in [1.82, 2.24) is 0 Å². The molecule has 0 amide bonds. The van der Waals surface area contributed by atoms with Crippen LogP contribution in [-0.2, 0) is 4.74 Å². The van der Waals surface area contributed by atoms with Crippen LogP contribution in [0.15, 0.2) is 46.9 Å². The highest BCUT2D eigenvalue weighted by Gasteiger charge is 2.43. The van der Waals surface area contributed by atoms with Crippen molar-refractivity contribution in [3.05, 3.63) is 58.1 Å². The summed E-state index contributed by atoms with van der Waals surface area (Å²) >= 11 is 3.57. The predicted molar refractivity (Wildman–Crippen MR) is 73.3 cm³/mol. The van der Waals surface area contributed by atoms with Crippen LogP contribution in [0.2, 0.25) is 0 Å². The van der Waals surface area contributed by atoms with Crippen molar-refractivity contribution in [2.24, 2.45) is 0 Å². The molecule has 0 unspecified atom stereocenters. The molecule has 1 fully saturated rings. The van der Waals surface area contributed by atoms with Gasteiger partial charge in [-0.2, -0.15) is 0 Å². The highest BCUT2D eigenvalue weighted by atomic mass is 79.9. The second-order valence-corrected chi connectivity index (χ2v) is 5.47. The minimum Gasteiger partial charge on any atom is -0.454 e. The second kappa shape index (κ2) is 4.25. The summed E-state index contributed by atoms with van der Waals surface area (Å²) in [7, 11) is 0. The third-order valence-electron chi connectivity index (χ3n) is 3.42. The van der Waals surface area contributed by atoms with Gasteiger partial charge in [-0.05, 0) is 17.7 Å². The number of rotatable bonds is 2. The van der Waals surface area contributed by atoms with Gasteiger partial charge in [0, 0.05) is 10.0 Å². The first kappa shape index (κ1) is 11.3. The van der Waals surface area contributed by atoms with E-state index >= 15 is 0 Å². The van der Waals surface area contributed by atoms with Gasteiger partial charge in [-0.15, -0.1) is 0 Å². The quantitative estimate of drug-likeness (QED) is 0.784. The van der Waals surface area contributed by atoms with E-state index in [9.17, 15) is 0 Å². The van der Waals surface area contributed by atoms with E-state index in [0.29, 0.717) is 6.79 Å². The molecule has 4 rings (SSSR count). The van der Waals surface area contributed by atoms with Gasteiger partial charge in [-0.25, -0.2) is 0 Å². The van der Waals surface area contributed by atoms with Crippen molar-refractivity contribution < 1.29 is 14.2 Å². The molecule has 0 aliphatic carbocycles. The number of halogens is 1. The van der Waals surface area contributed by atoms with Gasteiger partial charge < -0.3 is 14.2 Å². The van der Waals surface area contributed by atoms with E-state index in [1.807, 2.05) is 30.3 Å². The van der Waals surface area contributed by atoms with Crippen LogP contribution in [-0.4, -0.2) is 6.79 Å². The highest BCUT2D eigenvalue weighted by molar-refractivity contribution is 9.10. The van der Waals surface area contributed by atoms with E-state index in [1.54, 1.807) is 0 Å². The molecular formula is C15H11BrO3. The van der Waals surface area contributed by atoms with Gasteiger partial charge in [0.05, 0.1) is 0 Å². The lowest BCUT2D eigenvalue weighted by atomic mass is 10.0. The molecule has 2 atom stereocenters. The number of epoxide rings is 1. The van der Waals surface area contributed by atoms with Gasteiger partial charge in [0.25, 0.3) is 0 Å². The van der Waals surface area contributed by atoms with Crippen molar-refractivity contribution in [3.63, 3.8) is 0 Å². The Balaban J connectivity index is 1.65. The zero-order valence-electron chi connectivity index (χ0n) is 10.0. The van der Waals surface area contributed by atoms with E-state index < -0.39 is 0 Å². The first-order valence-electron chi connectivity index (χ1n) is 6.12. The van der Waals surface area contributed by atoms with Crippen LogP contribution in [0.25, 0.3) is 0 Å². The fraction of sp³-hybridized carbons (Fsp3) is 0.200. The first-order chi connectivity index (χ1) is 9.33. The van der Waals surface area contributed by atoms with Crippen LogP contribution in [0.3, 0.4) is 0 Å². The molecule has 19 heavy (non-hydrogen) atoms. The summed E-state index contributed by atoms with van der Waals surface area (Å²) in [6.45, 7) is 0.291. The SMILES string of the molecule is Brc1cc2c(cc1[C@@H]1O[C@H]1c1ccccc1)OCO2. The van der Waals surface area contributed by atoms with Gasteiger partial charge >= 0.3 is 0 Å². The molecule has 0 aromatic heterocycles. The topological polar surface area (TPSA) is 31.0 Å². The molecule has 0 bridgehead atoms. The molecule has 3 nitrogen and oxygen atoms in total. The maximum absolute atomic E-state index is 5.80. The summed E-state index contributed by atoms with van der Waals surface area (Å²) < 4.78 is 17.6. The van der Waals surface area contributed by atoms with E-state index in [1.165, 1.54) is 5.56 Å². The molecule has 0 spiro atoms. The Bertz CT molecular complexity index is 627. The number of ether oxygens (including phenoxy) is 3. The lowest BCUT2D eigenvalue weighted by Gasteiger charge is -2.03. The second-order valence-electron chi connectivity index (χ2n) is 4.61. The molecule has 4 heteroatoms. The van der Waals surface area contributed by atoms with Crippen molar-refractivity contribution in [3.8, 4) is 11.5 Å². The average Bonchev–Trinajstić information content (AvgIpc) is 3.11. The molecule has 96 valence electrons. The van der Waals surface area contributed by atoms with Crippen LogP contribution in [0, 0.1) is 0 Å². The largest absolute Gasteiger partial charge is 0.454 e. The number of fused-ring (bicyclic) bond motifs is 1. The third-order valence-corrected chi connectivity index (χ3v) is 4.10. The lowest BCUT2D eigenvalue weighted by Crippen LogP contribution is -1.92. The van der Waals surface area contributed by atoms with E-state index in [4.69, 9.17) is 14.2 Å². The van der Waals surface area contributed by atoms with Crippen molar-refractivity contribution in [2.75, 3.05) is 6.79 Å². The molecule has 1 saturated heterocycles. The standard InChI is InChI=1S/C15H11BrO3/c16-11-7-13-12(17-8-18-13)6-10(11)15-14(19-15)9-4-2-1-3-5-9/h1-7,14-15H,8H2/t14-,15-/m0/s1. The van der Waals surface area contributed by atoms with Crippen molar-refractivity contribution in [1.29, 1.82) is 0 Å². The smallest absolute Gasteiger partial charge is 0.231 e. The Morgan fingerprint density at radius 2 is 1.68 bits per heavy atom. The monoisotopic (exact) mass is 318 g/mol. The fourth-order valence-corrected chi connectivity index (χ4v) is 2.94. The Morgan fingerprint density at radius 1 is 0.947 bits per heavy atom. The zero-order valence-corrected chi connectivity index (χ0v) is 11.6. The summed E-state index contributed by atoms with van der Waals surface area (Å²) in [6.07, 6.45) is 0.226. The fourth-order valence-electron chi connectivity index (χ4n) is 2.40. The molecule has 2 aliphatic rings. The summed E-state index contributed by atoms with van der Waals surface area (Å²) in [6, 6.07) is 14.2. The average molecular weight is 319 g/mol. The Labute approximate surface area is 119 Å². The minimum atomic E-state index is 0.0891. The molecule has 0 radical (unpaired) electrons. The van der Waals surface area contributed by atoms with Gasteiger partial charge in [0.1, 0.15) is 12.2 Å². The predicted octanol–water partition coefficient (Wildman–Crippen LogP) is 3.99. The summed E-state index contributed by atoms with van der Waals surface area (Å²) in [5.41, 5.74) is 2.31. The summed E-state index contributed by atoms with van der Waals surface area (Å²) in [4.78, 5) is 0. The molecule has 2 aromatic carbocycles. The van der Waals surface area contributed by atoms with Gasteiger partial charge in [-0.1, -0.05) is 46.3 Å². The molecule has 0 N–H and O–H groups in total. The Morgan fingerprint density at radius 3 is 2.47 bits per heavy atom. The molecule has 0 saturated carbocycles. The number of hydrogen-bond acceptors (Lipinski definition) is 3. The minimum absolute atomic E-state index is 0.0891. The molecular weight excluding hydrogens is 308 g/mol. The van der Waals surface area contributed by atoms with Crippen molar-refractivity contribution >= 4 is 15.9 Å². The van der Waals surface area contributed by atoms with Gasteiger partial charge in [0.15, 0.2) is 11.5 Å².